The van der Waals surface area contributed by atoms with Crippen LogP contribution < -0.4 is 0 Å². The molecule has 0 radical (unpaired) electrons. The number of nitrogens with zero attached hydrogens (tertiary/aromatic N) is 2. The van der Waals surface area contributed by atoms with Gasteiger partial charge in [0.1, 0.15) is 0 Å². The molecule has 5 saturated carbocycles. The summed E-state index contributed by atoms with van der Waals surface area (Å²) in [6.45, 7) is 0. The zero-order valence-electron chi connectivity index (χ0n) is 34.1. The zero-order chi connectivity index (χ0) is 37.9. The van der Waals surface area contributed by atoms with Crippen molar-refractivity contribution in [3.05, 3.63) is 144 Å². The van der Waals surface area contributed by atoms with E-state index in [4.69, 9.17) is 9.47 Å². The maximum absolute atomic E-state index is 7.70. The Morgan fingerprint density at radius 3 is 1.03 bits per heavy atom. The molecule has 58 heavy (non-hydrogen) atoms. The first-order chi connectivity index (χ1) is 28.7. The zero-order valence-corrected chi connectivity index (χ0v) is 34.1. The van der Waals surface area contributed by atoms with E-state index in [1.54, 1.807) is 22.3 Å². The van der Waals surface area contributed by atoms with Gasteiger partial charge in [-0.05, 0) is 147 Å². The predicted molar refractivity (Wildman–Crippen MR) is 230 cm³/mol. The molecule has 4 aliphatic heterocycles. The molecule has 9 fully saturated rings. The van der Waals surface area contributed by atoms with Gasteiger partial charge in [-0.1, -0.05) is 121 Å². The molecule has 0 bridgehead atoms. The summed E-state index contributed by atoms with van der Waals surface area (Å²) in [4.78, 5) is 6.35. The van der Waals surface area contributed by atoms with E-state index in [1.165, 1.54) is 64.2 Å². The molecule has 0 aromatic heterocycles. The summed E-state index contributed by atoms with van der Waals surface area (Å²) in [6.07, 6.45) is 16.6. The van der Waals surface area contributed by atoms with Gasteiger partial charge in [0.25, 0.3) is 0 Å². The molecule has 4 aromatic rings. The van der Waals surface area contributed by atoms with E-state index in [-0.39, 0.29) is 0 Å². The summed E-state index contributed by atoms with van der Waals surface area (Å²) < 4.78 is 15.4. The molecule has 18 unspecified atom stereocenters. The average Bonchev–Trinajstić information content (AvgIpc) is 3.81. The Balaban J connectivity index is 0.840. The van der Waals surface area contributed by atoms with Gasteiger partial charge in [-0.25, -0.2) is 0 Å². The quantitative estimate of drug-likeness (QED) is 0.206. The largest absolute Gasteiger partial charge is 0.372 e. The van der Waals surface area contributed by atoms with Crippen molar-refractivity contribution < 1.29 is 9.47 Å². The van der Waals surface area contributed by atoms with Crippen molar-refractivity contribution in [3.63, 3.8) is 0 Å². The lowest BCUT2D eigenvalue weighted by Gasteiger charge is -2.61. The molecule has 18 atom stereocenters. The molecule has 4 saturated heterocycles. The molecular formula is C54H62N2O2. The van der Waals surface area contributed by atoms with Crippen LogP contribution in [0.1, 0.15) is 123 Å². The van der Waals surface area contributed by atoms with Crippen LogP contribution in [-0.2, 0) is 9.47 Å². The number of hydrogen-bond acceptors (Lipinski definition) is 4. The lowest BCUT2D eigenvalue weighted by Crippen LogP contribution is -2.71. The molecule has 0 amide bonds. The molecule has 4 aromatic carbocycles. The molecule has 4 heterocycles. The molecule has 300 valence electrons. The lowest BCUT2D eigenvalue weighted by atomic mass is 9.65. The van der Waals surface area contributed by atoms with Crippen LogP contribution in [0.5, 0.6) is 0 Å². The molecule has 4 heteroatoms. The third kappa shape index (κ3) is 5.60. The minimum Gasteiger partial charge on any atom is -0.372 e. The second-order valence-electron chi connectivity index (χ2n) is 20.7. The van der Waals surface area contributed by atoms with E-state index >= 15 is 0 Å². The topological polar surface area (TPSA) is 24.9 Å². The van der Waals surface area contributed by atoms with Crippen molar-refractivity contribution in [3.8, 4) is 0 Å². The van der Waals surface area contributed by atoms with Gasteiger partial charge in [0, 0.05) is 36.3 Å². The minimum absolute atomic E-state index is 0.308. The van der Waals surface area contributed by atoms with Gasteiger partial charge in [0.15, 0.2) is 0 Å². The highest BCUT2D eigenvalue weighted by atomic mass is 16.5. The third-order valence-corrected chi connectivity index (χ3v) is 18.4. The Morgan fingerprint density at radius 1 is 0.310 bits per heavy atom. The normalized spacial score (nSPS) is 45.2. The van der Waals surface area contributed by atoms with E-state index in [2.05, 4.69) is 131 Å². The monoisotopic (exact) mass is 770 g/mol. The van der Waals surface area contributed by atoms with Crippen molar-refractivity contribution in [2.24, 2.45) is 23.7 Å². The molecule has 0 spiro atoms. The van der Waals surface area contributed by atoms with E-state index < -0.39 is 0 Å². The van der Waals surface area contributed by atoms with E-state index in [1.807, 2.05) is 0 Å². The standard InChI is InChI=1S/C54H62N2O2/c1-5-13-33(14-6-1)37-21-23-45-41(25-37)43-27-39(35-17-9-3-10-18-35)29-51-53(43)55(45)47-31-50-48(32-49(47)57-51)56-46-24-22-38(34-15-7-2-8-16-34)26-42(46)44-28-40(30-52(58-50)54(44)56)36-19-11-4-12-20-36/h1-20,37-54H,21-32H2. The molecule has 4 nitrogen and oxygen atoms in total. The molecule has 13 rings (SSSR count). The van der Waals surface area contributed by atoms with Gasteiger partial charge in [0.05, 0.1) is 24.4 Å². The fourth-order valence-electron chi connectivity index (χ4n) is 16.4. The van der Waals surface area contributed by atoms with Gasteiger partial charge < -0.3 is 9.47 Å². The van der Waals surface area contributed by atoms with Crippen LogP contribution >= 0.6 is 0 Å². The summed E-state index contributed by atoms with van der Waals surface area (Å²) >= 11 is 0. The van der Waals surface area contributed by atoms with Gasteiger partial charge >= 0.3 is 0 Å². The van der Waals surface area contributed by atoms with E-state index in [0.717, 1.165) is 24.7 Å². The van der Waals surface area contributed by atoms with Crippen LogP contribution in [0.25, 0.3) is 0 Å². The predicted octanol–water partition coefficient (Wildman–Crippen LogP) is 10.7. The van der Waals surface area contributed by atoms with E-state index in [9.17, 15) is 0 Å². The van der Waals surface area contributed by atoms with Crippen molar-refractivity contribution in [2.45, 2.75) is 161 Å². The highest BCUT2D eigenvalue weighted by Gasteiger charge is 2.66. The average molecular weight is 771 g/mol. The smallest absolute Gasteiger partial charge is 0.0751 e. The first kappa shape index (κ1) is 35.5. The Hall–Kier alpha value is -3.28. The lowest BCUT2D eigenvalue weighted by molar-refractivity contribution is -0.240. The number of hydrogen-bond donors (Lipinski definition) is 0. The fourth-order valence-corrected chi connectivity index (χ4v) is 16.4. The Bertz CT molecular complexity index is 1910. The third-order valence-electron chi connectivity index (χ3n) is 18.4. The maximum atomic E-state index is 7.70. The number of rotatable bonds is 4. The first-order valence-electron chi connectivity index (χ1n) is 23.8. The van der Waals surface area contributed by atoms with Gasteiger partial charge in [0.2, 0.25) is 0 Å². The van der Waals surface area contributed by atoms with Gasteiger partial charge in [-0.15, -0.1) is 0 Å². The summed E-state index contributed by atoms with van der Waals surface area (Å²) in [7, 11) is 0. The first-order valence-corrected chi connectivity index (χ1v) is 23.8. The highest BCUT2D eigenvalue weighted by molar-refractivity contribution is 5.29. The van der Waals surface area contributed by atoms with Crippen LogP contribution in [0.4, 0.5) is 0 Å². The van der Waals surface area contributed by atoms with Crippen molar-refractivity contribution in [1.82, 2.24) is 9.80 Å². The number of morpholine rings is 2. The Kier molecular flexibility index (Phi) is 8.65. The highest BCUT2D eigenvalue weighted by Crippen LogP contribution is 2.62. The van der Waals surface area contributed by atoms with Crippen LogP contribution in [-0.4, -0.2) is 70.5 Å². The second kappa shape index (κ2) is 14.2. The molecule has 0 N–H and O–H groups in total. The van der Waals surface area contributed by atoms with Crippen LogP contribution in [0.3, 0.4) is 0 Å². The Morgan fingerprint density at radius 2 is 0.655 bits per heavy atom. The fraction of sp³-hybridized carbons (Fsp3) is 0.556. The van der Waals surface area contributed by atoms with Gasteiger partial charge in [-0.3, -0.25) is 9.80 Å². The van der Waals surface area contributed by atoms with Gasteiger partial charge in [-0.2, -0.15) is 0 Å². The SMILES string of the molecule is c1ccc(C2CCC3C(C2)C2CC(c4ccccc4)CC4OC5CC6C(CC5N3C42)OC2CC(c3ccccc3)CC3C4CC(c5ccccc5)CCC4N6C23)cc1. The van der Waals surface area contributed by atoms with Crippen LogP contribution in [0.15, 0.2) is 121 Å². The second-order valence-corrected chi connectivity index (χ2v) is 20.7. The molecule has 5 aliphatic carbocycles. The Labute approximate surface area is 346 Å². The number of ether oxygens (including phenoxy) is 2. The van der Waals surface area contributed by atoms with Crippen LogP contribution in [0, 0.1) is 23.7 Å². The van der Waals surface area contributed by atoms with Crippen molar-refractivity contribution >= 4 is 0 Å². The van der Waals surface area contributed by atoms with Crippen molar-refractivity contribution in [2.75, 3.05) is 0 Å². The summed E-state index contributed by atoms with van der Waals surface area (Å²) in [6, 6.07) is 49.6. The molecule has 9 aliphatic rings. The summed E-state index contributed by atoms with van der Waals surface area (Å²) in [5.41, 5.74) is 6.22. The van der Waals surface area contributed by atoms with Crippen LogP contribution in [0.2, 0.25) is 0 Å². The summed E-state index contributed by atoms with van der Waals surface area (Å²) in [5.74, 6) is 5.47. The van der Waals surface area contributed by atoms with E-state index in [0.29, 0.717) is 96.2 Å². The summed E-state index contributed by atoms with van der Waals surface area (Å²) in [5, 5.41) is 0. The molecular weight excluding hydrogens is 709 g/mol. The maximum Gasteiger partial charge on any atom is 0.0751 e. The van der Waals surface area contributed by atoms with Crippen molar-refractivity contribution in [1.29, 1.82) is 0 Å². The number of benzene rings is 4. The number of fused-ring (bicyclic) bond motifs is 10. The minimum atomic E-state index is 0.308.